The first kappa shape index (κ1) is 11.4. The molecule has 1 aromatic rings. The highest BCUT2D eigenvalue weighted by Gasteiger charge is 2.34. The Morgan fingerprint density at radius 3 is 2.62 bits per heavy atom. The van der Waals surface area contributed by atoms with E-state index in [-0.39, 0.29) is 11.3 Å². The third kappa shape index (κ3) is 1.92. The van der Waals surface area contributed by atoms with Gasteiger partial charge in [0.2, 0.25) is 0 Å². The molecule has 0 saturated heterocycles. The summed E-state index contributed by atoms with van der Waals surface area (Å²) in [6.45, 7) is 0. The molecule has 1 aliphatic carbocycles. The third-order valence-electron chi connectivity index (χ3n) is 2.86. The van der Waals surface area contributed by atoms with Crippen molar-refractivity contribution in [2.24, 2.45) is 11.7 Å². The first-order chi connectivity index (χ1) is 7.52. The minimum atomic E-state index is -1.06. The summed E-state index contributed by atoms with van der Waals surface area (Å²) in [6.07, 6.45) is 1.98. The van der Waals surface area contributed by atoms with Crippen LogP contribution in [0.4, 0.5) is 0 Å². The first-order valence-electron chi connectivity index (χ1n) is 5.02. The number of halogens is 1. The Morgan fingerprint density at radius 2 is 2.12 bits per heavy atom. The second-order valence-electron chi connectivity index (χ2n) is 4.03. The van der Waals surface area contributed by atoms with Crippen LogP contribution in [0.5, 0.6) is 5.75 Å². The number of rotatable bonds is 3. The molecular weight excluding hydrogens is 274 g/mol. The number of hydrogen-bond acceptors (Lipinski definition) is 3. The first-order valence-corrected chi connectivity index (χ1v) is 5.82. The molecule has 1 aromatic carbocycles. The molecule has 0 aliphatic heterocycles. The van der Waals surface area contributed by atoms with Crippen molar-refractivity contribution in [2.45, 2.75) is 18.9 Å². The summed E-state index contributed by atoms with van der Waals surface area (Å²) in [5.74, 6) is -0.827. The van der Waals surface area contributed by atoms with E-state index in [1.165, 1.54) is 12.1 Å². The number of benzene rings is 1. The van der Waals surface area contributed by atoms with Crippen molar-refractivity contribution >= 4 is 21.9 Å². The Labute approximate surface area is 101 Å². The smallest absolute Gasteiger partial charge is 0.336 e. The van der Waals surface area contributed by atoms with Crippen LogP contribution in [0.1, 0.15) is 34.8 Å². The normalized spacial score (nSPS) is 17.1. The Kier molecular flexibility index (Phi) is 2.90. The second kappa shape index (κ2) is 4.07. The Bertz CT molecular complexity index is 443. The van der Waals surface area contributed by atoms with Crippen molar-refractivity contribution in [2.75, 3.05) is 0 Å². The molecule has 0 spiro atoms. The summed E-state index contributed by atoms with van der Waals surface area (Å²) in [4.78, 5) is 11.1. The average Bonchev–Trinajstić information content (AvgIpc) is 3.04. The van der Waals surface area contributed by atoms with Crippen molar-refractivity contribution in [3.05, 3.63) is 27.7 Å². The van der Waals surface area contributed by atoms with Crippen LogP contribution in [-0.2, 0) is 0 Å². The topological polar surface area (TPSA) is 83.6 Å². The van der Waals surface area contributed by atoms with Gasteiger partial charge in [-0.25, -0.2) is 4.79 Å². The number of phenolic OH excluding ortho intramolecular Hbond substituents is 1. The van der Waals surface area contributed by atoms with Gasteiger partial charge >= 0.3 is 5.97 Å². The van der Waals surface area contributed by atoms with Crippen molar-refractivity contribution in [1.82, 2.24) is 0 Å². The zero-order chi connectivity index (χ0) is 11.9. The lowest BCUT2D eigenvalue weighted by atomic mass is 9.96. The van der Waals surface area contributed by atoms with E-state index >= 15 is 0 Å². The van der Waals surface area contributed by atoms with E-state index in [1.807, 2.05) is 0 Å². The summed E-state index contributed by atoms with van der Waals surface area (Å²) in [5.41, 5.74) is 6.39. The number of nitrogens with two attached hydrogens (primary N) is 1. The van der Waals surface area contributed by atoms with Crippen LogP contribution >= 0.6 is 15.9 Å². The fourth-order valence-electron chi connectivity index (χ4n) is 1.80. The predicted molar refractivity (Wildman–Crippen MR) is 62.4 cm³/mol. The lowest BCUT2D eigenvalue weighted by Crippen LogP contribution is -2.17. The highest BCUT2D eigenvalue weighted by Crippen LogP contribution is 2.44. The molecule has 2 rings (SSSR count). The number of aromatic hydroxyl groups is 1. The van der Waals surface area contributed by atoms with E-state index in [0.717, 1.165) is 12.8 Å². The molecule has 0 amide bonds. The second-order valence-corrected chi connectivity index (χ2v) is 4.88. The summed E-state index contributed by atoms with van der Waals surface area (Å²) < 4.78 is 0.476. The van der Waals surface area contributed by atoms with Gasteiger partial charge < -0.3 is 15.9 Å². The zero-order valence-electron chi connectivity index (χ0n) is 8.48. The number of carboxylic acid groups (broad SMARTS) is 1. The number of hydrogen-bond donors (Lipinski definition) is 3. The van der Waals surface area contributed by atoms with Gasteiger partial charge in [-0.2, -0.15) is 0 Å². The predicted octanol–water partition coefficient (Wildman–Crippen LogP) is 2.26. The monoisotopic (exact) mass is 285 g/mol. The van der Waals surface area contributed by atoms with Gasteiger partial charge in [-0.15, -0.1) is 0 Å². The van der Waals surface area contributed by atoms with Gasteiger partial charge in [0.15, 0.2) is 0 Å². The van der Waals surface area contributed by atoms with Gasteiger partial charge in [0.25, 0.3) is 0 Å². The number of phenols is 1. The van der Waals surface area contributed by atoms with E-state index in [2.05, 4.69) is 15.9 Å². The Balaban J connectivity index is 2.53. The molecule has 0 radical (unpaired) electrons. The molecule has 86 valence electrons. The van der Waals surface area contributed by atoms with Crippen LogP contribution in [0.2, 0.25) is 0 Å². The van der Waals surface area contributed by atoms with Gasteiger partial charge in [-0.3, -0.25) is 0 Å². The van der Waals surface area contributed by atoms with E-state index in [1.54, 1.807) is 0 Å². The van der Waals surface area contributed by atoms with Crippen LogP contribution in [-0.4, -0.2) is 16.2 Å². The van der Waals surface area contributed by atoms with Gasteiger partial charge in [0, 0.05) is 11.6 Å². The molecule has 1 saturated carbocycles. The molecule has 4 nitrogen and oxygen atoms in total. The van der Waals surface area contributed by atoms with Crippen LogP contribution < -0.4 is 5.73 Å². The molecule has 0 unspecified atom stereocenters. The van der Waals surface area contributed by atoms with Crippen molar-refractivity contribution in [3.8, 4) is 5.75 Å². The van der Waals surface area contributed by atoms with Gasteiger partial charge in [0.1, 0.15) is 5.75 Å². The minimum Gasteiger partial charge on any atom is -0.506 e. The van der Waals surface area contributed by atoms with E-state index < -0.39 is 12.0 Å². The Hall–Kier alpha value is -1.07. The van der Waals surface area contributed by atoms with Crippen LogP contribution in [0.15, 0.2) is 16.6 Å². The molecule has 0 aromatic heterocycles. The molecule has 1 fully saturated rings. The molecular formula is C11H12BrNO3. The van der Waals surface area contributed by atoms with Crippen LogP contribution in [0.3, 0.4) is 0 Å². The molecule has 0 bridgehead atoms. The maximum Gasteiger partial charge on any atom is 0.336 e. The number of carboxylic acids is 1. The van der Waals surface area contributed by atoms with E-state index in [0.29, 0.717) is 16.0 Å². The number of aromatic carboxylic acids is 1. The van der Waals surface area contributed by atoms with Crippen LogP contribution in [0, 0.1) is 5.92 Å². The SMILES string of the molecule is N[C@H](c1c(C(=O)O)ccc(Br)c1O)C1CC1. The van der Waals surface area contributed by atoms with E-state index in [4.69, 9.17) is 10.8 Å². The lowest BCUT2D eigenvalue weighted by molar-refractivity contribution is 0.0694. The third-order valence-corrected chi connectivity index (χ3v) is 3.50. The molecule has 1 aliphatic rings. The Morgan fingerprint density at radius 1 is 1.50 bits per heavy atom. The fourth-order valence-corrected chi connectivity index (χ4v) is 2.14. The van der Waals surface area contributed by atoms with Gasteiger partial charge in [-0.1, -0.05) is 0 Å². The van der Waals surface area contributed by atoms with Crippen molar-refractivity contribution in [3.63, 3.8) is 0 Å². The lowest BCUT2D eigenvalue weighted by Gasteiger charge is -2.16. The van der Waals surface area contributed by atoms with Crippen LogP contribution in [0.25, 0.3) is 0 Å². The highest BCUT2D eigenvalue weighted by molar-refractivity contribution is 9.10. The fraction of sp³-hybridized carbons (Fsp3) is 0.364. The summed E-state index contributed by atoms with van der Waals surface area (Å²) in [6, 6.07) is 2.58. The molecule has 4 N–H and O–H groups in total. The maximum absolute atomic E-state index is 11.1. The standard InChI is InChI=1S/C11H12BrNO3/c12-7-4-3-6(11(15)16)8(10(7)14)9(13)5-1-2-5/h3-5,9,14H,1-2,13H2,(H,15,16)/t9-/m0/s1. The van der Waals surface area contributed by atoms with Gasteiger partial charge in [0.05, 0.1) is 10.0 Å². The highest BCUT2D eigenvalue weighted by atomic mass is 79.9. The summed E-state index contributed by atoms with van der Waals surface area (Å²) in [7, 11) is 0. The molecule has 1 atom stereocenters. The molecule has 5 heteroatoms. The van der Waals surface area contributed by atoms with Crippen molar-refractivity contribution < 1.29 is 15.0 Å². The number of carbonyl (C=O) groups is 1. The average molecular weight is 286 g/mol. The maximum atomic E-state index is 11.1. The molecule has 0 heterocycles. The zero-order valence-corrected chi connectivity index (χ0v) is 10.1. The summed E-state index contributed by atoms with van der Waals surface area (Å²) in [5, 5.41) is 18.9. The largest absolute Gasteiger partial charge is 0.506 e. The van der Waals surface area contributed by atoms with Crippen molar-refractivity contribution in [1.29, 1.82) is 0 Å². The van der Waals surface area contributed by atoms with Gasteiger partial charge in [-0.05, 0) is 46.8 Å². The summed E-state index contributed by atoms with van der Waals surface area (Å²) >= 11 is 3.17. The van der Waals surface area contributed by atoms with E-state index in [9.17, 15) is 9.90 Å². The minimum absolute atomic E-state index is 0.0562. The quantitative estimate of drug-likeness (QED) is 0.795. The molecule has 16 heavy (non-hydrogen) atoms.